The smallest absolute Gasteiger partial charge is 0.371 e. The fourth-order valence-electron chi connectivity index (χ4n) is 2.38. The molecule has 0 saturated carbocycles. The third-order valence-electron chi connectivity index (χ3n) is 3.57. The molecule has 0 atom stereocenters. The van der Waals surface area contributed by atoms with Gasteiger partial charge in [-0.25, -0.2) is 4.79 Å². The number of furan rings is 1. The van der Waals surface area contributed by atoms with Crippen molar-refractivity contribution in [2.75, 3.05) is 26.2 Å². The zero-order chi connectivity index (χ0) is 14.0. The van der Waals surface area contributed by atoms with Crippen LogP contribution in [0.25, 0.3) is 0 Å². The van der Waals surface area contributed by atoms with Crippen molar-refractivity contribution in [1.29, 1.82) is 0 Å². The molecule has 0 amide bonds. The summed E-state index contributed by atoms with van der Waals surface area (Å²) >= 11 is 0. The third-order valence-corrected chi connectivity index (χ3v) is 3.57. The molecule has 19 heavy (non-hydrogen) atoms. The Balaban J connectivity index is 1.87. The van der Waals surface area contributed by atoms with Gasteiger partial charge < -0.3 is 9.52 Å². The molecule has 1 aliphatic heterocycles. The number of nitrogens with zero attached hydrogens (tertiary/aromatic N) is 2. The molecule has 0 radical (unpaired) electrons. The largest absolute Gasteiger partial charge is 0.475 e. The number of aromatic carboxylic acids is 1. The van der Waals surface area contributed by atoms with E-state index < -0.39 is 5.97 Å². The second-order valence-electron chi connectivity index (χ2n) is 6.01. The predicted octanol–water partition coefficient (Wildman–Crippen LogP) is 1.89. The summed E-state index contributed by atoms with van der Waals surface area (Å²) in [7, 11) is 0. The Kier molecular flexibility index (Phi) is 3.96. The van der Waals surface area contributed by atoms with Crippen molar-refractivity contribution in [3.8, 4) is 0 Å². The lowest BCUT2D eigenvalue weighted by Crippen LogP contribution is -2.53. The van der Waals surface area contributed by atoms with Crippen molar-refractivity contribution in [1.82, 2.24) is 9.80 Å². The molecule has 0 spiro atoms. The molecule has 0 bridgehead atoms. The Morgan fingerprint density at radius 2 is 1.89 bits per heavy atom. The van der Waals surface area contributed by atoms with Crippen LogP contribution in [0.4, 0.5) is 0 Å². The van der Waals surface area contributed by atoms with E-state index in [-0.39, 0.29) is 11.3 Å². The summed E-state index contributed by atoms with van der Waals surface area (Å²) in [5, 5.41) is 8.81. The van der Waals surface area contributed by atoms with Crippen LogP contribution in [0, 0.1) is 0 Å². The predicted molar refractivity (Wildman–Crippen MR) is 72.3 cm³/mol. The minimum Gasteiger partial charge on any atom is -0.475 e. The molecule has 1 N–H and O–H groups in total. The van der Waals surface area contributed by atoms with Crippen LogP contribution >= 0.6 is 0 Å². The maximum atomic E-state index is 10.7. The number of carboxylic acids is 1. The number of piperazine rings is 1. The van der Waals surface area contributed by atoms with Crippen LogP contribution in [0.2, 0.25) is 0 Å². The van der Waals surface area contributed by atoms with Crippen LogP contribution in [0.5, 0.6) is 0 Å². The molecule has 0 unspecified atom stereocenters. The highest BCUT2D eigenvalue weighted by molar-refractivity contribution is 5.84. The fourth-order valence-corrected chi connectivity index (χ4v) is 2.38. The minimum atomic E-state index is -1.01. The maximum Gasteiger partial charge on any atom is 0.371 e. The van der Waals surface area contributed by atoms with E-state index in [9.17, 15) is 4.79 Å². The molecule has 2 heterocycles. The van der Waals surface area contributed by atoms with Gasteiger partial charge >= 0.3 is 5.97 Å². The van der Waals surface area contributed by atoms with E-state index in [0.29, 0.717) is 6.54 Å². The Bertz CT molecular complexity index is 440. The van der Waals surface area contributed by atoms with Crippen LogP contribution in [0.3, 0.4) is 0 Å². The summed E-state index contributed by atoms with van der Waals surface area (Å²) in [4.78, 5) is 15.5. The summed E-state index contributed by atoms with van der Waals surface area (Å²) in [5.74, 6) is -0.270. The molecule has 1 fully saturated rings. The number of carboxylic acid groups (broad SMARTS) is 1. The molecule has 1 aliphatic rings. The Labute approximate surface area is 113 Å². The van der Waals surface area contributed by atoms with Crippen LogP contribution in [0.15, 0.2) is 16.5 Å². The van der Waals surface area contributed by atoms with E-state index in [1.54, 1.807) is 6.07 Å². The van der Waals surface area contributed by atoms with Gasteiger partial charge in [-0.15, -0.1) is 0 Å². The minimum absolute atomic E-state index is 0.0170. The monoisotopic (exact) mass is 266 g/mol. The van der Waals surface area contributed by atoms with Crippen LogP contribution in [-0.2, 0) is 6.54 Å². The molecule has 1 aromatic rings. The van der Waals surface area contributed by atoms with E-state index in [4.69, 9.17) is 9.52 Å². The zero-order valence-electron chi connectivity index (χ0n) is 11.8. The van der Waals surface area contributed by atoms with Gasteiger partial charge in [-0.3, -0.25) is 9.80 Å². The summed E-state index contributed by atoms with van der Waals surface area (Å²) in [6.45, 7) is 11.4. The molecule has 0 aliphatic carbocycles. The SMILES string of the molecule is CC(C)(C)N1CCN(Cc2ccc(C(=O)O)o2)CC1. The van der Waals surface area contributed by atoms with Crippen LogP contribution in [0.1, 0.15) is 37.1 Å². The second kappa shape index (κ2) is 5.35. The van der Waals surface area contributed by atoms with E-state index in [1.807, 2.05) is 0 Å². The first-order chi connectivity index (χ1) is 8.86. The Morgan fingerprint density at radius 3 is 2.37 bits per heavy atom. The topological polar surface area (TPSA) is 56.9 Å². The highest BCUT2D eigenvalue weighted by atomic mass is 16.4. The fraction of sp³-hybridized carbons (Fsp3) is 0.643. The van der Waals surface area contributed by atoms with E-state index in [0.717, 1.165) is 31.9 Å². The molecule has 106 valence electrons. The lowest BCUT2D eigenvalue weighted by molar-refractivity contribution is 0.0547. The van der Waals surface area contributed by atoms with Gasteiger partial charge in [0.05, 0.1) is 6.54 Å². The number of carbonyl (C=O) groups is 1. The van der Waals surface area contributed by atoms with E-state index in [2.05, 4.69) is 30.6 Å². The van der Waals surface area contributed by atoms with Crippen molar-refractivity contribution in [3.05, 3.63) is 23.7 Å². The van der Waals surface area contributed by atoms with Gasteiger partial charge in [-0.1, -0.05) is 0 Å². The summed E-state index contributed by atoms with van der Waals surface area (Å²) in [6.07, 6.45) is 0. The van der Waals surface area contributed by atoms with E-state index in [1.165, 1.54) is 6.07 Å². The summed E-state index contributed by atoms with van der Waals surface area (Å²) in [6, 6.07) is 3.27. The van der Waals surface area contributed by atoms with E-state index >= 15 is 0 Å². The lowest BCUT2D eigenvalue weighted by atomic mass is 10.1. The number of hydrogen-bond donors (Lipinski definition) is 1. The van der Waals surface area contributed by atoms with Crippen LogP contribution in [-0.4, -0.2) is 52.6 Å². The molecule has 0 aromatic carbocycles. The van der Waals surface area contributed by atoms with Gasteiger partial charge in [0.25, 0.3) is 0 Å². The van der Waals surface area contributed by atoms with Crippen LogP contribution < -0.4 is 0 Å². The number of rotatable bonds is 3. The van der Waals surface area contributed by atoms with Gasteiger partial charge in [0.2, 0.25) is 5.76 Å². The molecule has 5 nitrogen and oxygen atoms in total. The normalized spacial score (nSPS) is 18.7. The van der Waals surface area contributed by atoms with Gasteiger partial charge in [-0.2, -0.15) is 0 Å². The molecule has 1 saturated heterocycles. The van der Waals surface area contributed by atoms with Crippen molar-refractivity contribution in [2.45, 2.75) is 32.9 Å². The average molecular weight is 266 g/mol. The Morgan fingerprint density at radius 1 is 1.26 bits per heavy atom. The van der Waals surface area contributed by atoms with Crippen molar-refractivity contribution in [2.24, 2.45) is 0 Å². The second-order valence-corrected chi connectivity index (χ2v) is 6.01. The number of hydrogen-bond acceptors (Lipinski definition) is 4. The summed E-state index contributed by atoms with van der Waals surface area (Å²) < 4.78 is 5.29. The zero-order valence-corrected chi connectivity index (χ0v) is 11.8. The molecular weight excluding hydrogens is 244 g/mol. The summed E-state index contributed by atoms with van der Waals surface area (Å²) in [5.41, 5.74) is 0.216. The highest BCUT2D eigenvalue weighted by Crippen LogP contribution is 2.17. The van der Waals surface area contributed by atoms with Gasteiger partial charge in [0.1, 0.15) is 5.76 Å². The van der Waals surface area contributed by atoms with Gasteiger partial charge in [0.15, 0.2) is 0 Å². The first kappa shape index (κ1) is 14.1. The molecule has 1 aromatic heterocycles. The maximum absolute atomic E-state index is 10.7. The first-order valence-electron chi connectivity index (χ1n) is 6.65. The molecule has 5 heteroatoms. The van der Waals surface area contributed by atoms with Gasteiger partial charge in [-0.05, 0) is 32.9 Å². The third kappa shape index (κ3) is 3.58. The first-order valence-corrected chi connectivity index (χ1v) is 6.65. The van der Waals surface area contributed by atoms with Crippen molar-refractivity contribution < 1.29 is 14.3 Å². The Hall–Kier alpha value is -1.33. The molecule has 2 rings (SSSR count). The lowest BCUT2D eigenvalue weighted by Gasteiger charge is -2.42. The molecular formula is C14H22N2O3. The standard InChI is InChI=1S/C14H22N2O3/c1-14(2,3)16-8-6-15(7-9-16)10-11-4-5-12(19-11)13(17)18/h4-5H,6-10H2,1-3H3,(H,17,18). The van der Waals surface area contributed by atoms with Crippen molar-refractivity contribution in [3.63, 3.8) is 0 Å². The average Bonchev–Trinajstić information content (AvgIpc) is 2.77. The van der Waals surface area contributed by atoms with Crippen molar-refractivity contribution >= 4 is 5.97 Å². The highest BCUT2D eigenvalue weighted by Gasteiger charge is 2.26. The quantitative estimate of drug-likeness (QED) is 0.905. The van der Waals surface area contributed by atoms with Gasteiger partial charge in [0, 0.05) is 31.7 Å².